The minimum atomic E-state index is -0.00462. The SMILES string of the molecule is CCc1cc2nc(CCC3CCNCC3)cc(=O)n2[nH]1. The first-order valence-electron chi connectivity index (χ1n) is 7.57. The van der Waals surface area contributed by atoms with Gasteiger partial charge in [-0.2, -0.15) is 0 Å². The zero-order valence-corrected chi connectivity index (χ0v) is 12.0. The fraction of sp³-hybridized carbons (Fsp3) is 0.600. The maximum atomic E-state index is 12.1. The number of nitrogens with zero attached hydrogens (tertiary/aromatic N) is 2. The van der Waals surface area contributed by atoms with Gasteiger partial charge in [-0.3, -0.25) is 9.89 Å². The number of fused-ring (bicyclic) bond motifs is 1. The third-order valence-electron chi connectivity index (χ3n) is 4.20. The van der Waals surface area contributed by atoms with Crippen molar-refractivity contribution in [2.75, 3.05) is 13.1 Å². The van der Waals surface area contributed by atoms with Gasteiger partial charge in [-0.05, 0) is 51.1 Å². The van der Waals surface area contributed by atoms with Crippen molar-refractivity contribution in [1.29, 1.82) is 0 Å². The number of piperidine rings is 1. The van der Waals surface area contributed by atoms with Crippen molar-refractivity contribution in [2.45, 2.75) is 39.0 Å². The van der Waals surface area contributed by atoms with Crippen molar-refractivity contribution in [3.05, 3.63) is 33.9 Å². The van der Waals surface area contributed by atoms with E-state index in [4.69, 9.17) is 0 Å². The molecule has 3 rings (SSSR count). The number of aryl methyl sites for hydroxylation is 2. The molecule has 20 heavy (non-hydrogen) atoms. The summed E-state index contributed by atoms with van der Waals surface area (Å²) in [6.07, 6.45) is 5.41. The van der Waals surface area contributed by atoms with Crippen LogP contribution in [0.5, 0.6) is 0 Å². The molecule has 3 heterocycles. The lowest BCUT2D eigenvalue weighted by molar-refractivity contribution is 0.353. The summed E-state index contributed by atoms with van der Waals surface area (Å²) in [5.74, 6) is 0.772. The van der Waals surface area contributed by atoms with Crippen molar-refractivity contribution >= 4 is 5.65 Å². The minimum absolute atomic E-state index is 0.00462. The Labute approximate surface area is 118 Å². The van der Waals surface area contributed by atoms with Crippen LogP contribution in [0.1, 0.15) is 37.6 Å². The van der Waals surface area contributed by atoms with E-state index in [1.54, 1.807) is 6.07 Å². The van der Waals surface area contributed by atoms with Gasteiger partial charge in [0.1, 0.15) is 0 Å². The fourth-order valence-corrected chi connectivity index (χ4v) is 2.92. The van der Waals surface area contributed by atoms with Gasteiger partial charge in [0.2, 0.25) is 0 Å². The van der Waals surface area contributed by atoms with Crippen LogP contribution < -0.4 is 10.9 Å². The number of hydrogen-bond acceptors (Lipinski definition) is 3. The van der Waals surface area contributed by atoms with Gasteiger partial charge < -0.3 is 5.32 Å². The van der Waals surface area contributed by atoms with Gasteiger partial charge in [0.25, 0.3) is 5.56 Å². The van der Waals surface area contributed by atoms with E-state index in [-0.39, 0.29) is 5.56 Å². The molecule has 2 aromatic rings. The zero-order valence-electron chi connectivity index (χ0n) is 12.0. The minimum Gasteiger partial charge on any atom is -0.317 e. The predicted molar refractivity (Wildman–Crippen MR) is 79.1 cm³/mol. The average molecular weight is 274 g/mol. The normalized spacial score (nSPS) is 16.9. The molecule has 5 heteroatoms. The van der Waals surface area contributed by atoms with Crippen LogP contribution in [0.3, 0.4) is 0 Å². The van der Waals surface area contributed by atoms with Crippen molar-refractivity contribution in [2.24, 2.45) is 5.92 Å². The molecule has 0 unspecified atom stereocenters. The standard InChI is InChI=1S/C15H22N4O/c1-2-12-9-14-17-13(10-15(20)19(14)18-12)4-3-11-5-7-16-8-6-11/h9-11,16,18H,2-8H2,1H3. The lowest BCUT2D eigenvalue weighted by atomic mass is 9.92. The van der Waals surface area contributed by atoms with E-state index in [9.17, 15) is 4.79 Å². The van der Waals surface area contributed by atoms with E-state index in [0.717, 1.165) is 55.3 Å². The summed E-state index contributed by atoms with van der Waals surface area (Å²) in [6, 6.07) is 3.64. The molecular weight excluding hydrogens is 252 g/mol. The Bertz CT molecular complexity index is 637. The average Bonchev–Trinajstić information content (AvgIpc) is 2.90. The van der Waals surface area contributed by atoms with Crippen LogP contribution in [-0.4, -0.2) is 27.7 Å². The first-order valence-corrected chi connectivity index (χ1v) is 7.57. The first kappa shape index (κ1) is 13.4. The molecule has 0 bridgehead atoms. The summed E-state index contributed by atoms with van der Waals surface area (Å²) in [6.45, 7) is 4.31. The summed E-state index contributed by atoms with van der Waals surface area (Å²) >= 11 is 0. The Morgan fingerprint density at radius 3 is 2.90 bits per heavy atom. The van der Waals surface area contributed by atoms with Crippen LogP contribution in [0.15, 0.2) is 16.9 Å². The maximum Gasteiger partial charge on any atom is 0.272 e. The van der Waals surface area contributed by atoms with Crippen LogP contribution in [0.4, 0.5) is 0 Å². The van der Waals surface area contributed by atoms with Crippen molar-refractivity contribution in [3.8, 4) is 0 Å². The number of nitrogens with one attached hydrogen (secondary N) is 2. The van der Waals surface area contributed by atoms with Gasteiger partial charge in [-0.25, -0.2) is 9.50 Å². The first-order chi connectivity index (χ1) is 9.76. The highest BCUT2D eigenvalue weighted by Crippen LogP contribution is 2.18. The van der Waals surface area contributed by atoms with Gasteiger partial charge in [0.15, 0.2) is 5.65 Å². The van der Waals surface area contributed by atoms with Crippen molar-refractivity contribution in [1.82, 2.24) is 19.9 Å². The molecule has 0 amide bonds. The highest BCUT2D eigenvalue weighted by molar-refractivity contribution is 5.39. The molecule has 1 aliphatic rings. The van der Waals surface area contributed by atoms with Gasteiger partial charge in [0, 0.05) is 23.5 Å². The largest absolute Gasteiger partial charge is 0.317 e. The second-order valence-corrected chi connectivity index (χ2v) is 5.65. The van der Waals surface area contributed by atoms with E-state index >= 15 is 0 Å². The molecule has 0 aromatic carbocycles. The molecule has 1 aliphatic heterocycles. The highest BCUT2D eigenvalue weighted by atomic mass is 16.1. The summed E-state index contributed by atoms with van der Waals surface area (Å²) < 4.78 is 1.53. The molecule has 108 valence electrons. The third-order valence-corrected chi connectivity index (χ3v) is 4.20. The molecule has 0 radical (unpaired) electrons. The van der Waals surface area contributed by atoms with Crippen LogP contribution >= 0.6 is 0 Å². The molecule has 0 saturated carbocycles. The highest BCUT2D eigenvalue weighted by Gasteiger charge is 2.13. The molecule has 0 aliphatic carbocycles. The van der Waals surface area contributed by atoms with Crippen LogP contribution in [0.25, 0.3) is 5.65 Å². The van der Waals surface area contributed by atoms with Crippen molar-refractivity contribution in [3.63, 3.8) is 0 Å². The molecule has 5 nitrogen and oxygen atoms in total. The van der Waals surface area contributed by atoms with E-state index < -0.39 is 0 Å². The molecule has 0 spiro atoms. The number of rotatable bonds is 4. The van der Waals surface area contributed by atoms with Crippen LogP contribution in [0.2, 0.25) is 0 Å². The Kier molecular flexibility index (Phi) is 3.87. The topological polar surface area (TPSA) is 62.2 Å². The summed E-state index contributed by atoms with van der Waals surface area (Å²) in [5.41, 5.74) is 2.71. The summed E-state index contributed by atoms with van der Waals surface area (Å²) in [7, 11) is 0. The van der Waals surface area contributed by atoms with Gasteiger partial charge in [-0.15, -0.1) is 0 Å². The predicted octanol–water partition coefficient (Wildman–Crippen LogP) is 1.52. The van der Waals surface area contributed by atoms with E-state index in [2.05, 4.69) is 22.3 Å². The second-order valence-electron chi connectivity index (χ2n) is 5.65. The Hall–Kier alpha value is -1.62. The molecule has 0 atom stereocenters. The van der Waals surface area contributed by atoms with Crippen LogP contribution in [-0.2, 0) is 12.8 Å². The third kappa shape index (κ3) is 2.77. The van der Waals surface area contributed by atoms with Gasteiger partial charge >= 0.3 is 0 Å². The number of H-pyrrole nitrogens is 1. The Morgan fingerprint density at radius 2 is 2.15 bits per heavy atom. The number of aromatic amines is 1. The van der Waals surface area contributed by atoms with Crippen LogP contribution in [0, 0.1) is 5.92 Å². The molecular formula is C15H22N4O. The second kappa shape index (κ2) is 5.79. The lowest BCUT2D eigenvalue weighted by Crippen LogP contribution is -2.28. The monoisotopic (exact) mass is 274 g/mol. The smallest absolute Gasteiger partial charge is 0.272 e. The number of hydrogen-bond donors (Lipinski definition) is 2. The maximum absolute atomic E-state index is 12.1. The summed E-state index contributed by atoms with van der Waals surface area (Å²) in [4.78, 5) is 16.7. The Balaban J connectivity index is 1.76. The van der Waals surface area contributed by atoms with E-state index in [1.165, 1.54) is 17.4 Å². The lowest BCUT2D eigenvalue weighted by Gasteiger charge is -2.22. The quantitative estimate of drug-likeness (QED) is 0.888. The van der Waals surface area contributed by atoms with Crippen molar-refractivity contribution < 1.29 is 0 Å². The fourth-order valence-electron chi connectivity index (χ4n) is 2.92. The Morgan fingerprint density at radius 1 is 1.35 bits per heavy atom. The molecule has 2 N–H and O–H groups in total. The van der Waals surface area contributed by atoms with Gasteiger partial charge in [-0.1, -0.05) is 6.92 Å². The van der Waals surface area contributed by atoms with Gasteiger partial charge in [0.05, 0.1) is 0 Å². The molecule has 2 aromatic heterocycles. The summed E-state index contributed by atoms with van der Waals surface area (Å²) in [5, 5.41) is 6.46. The molecule has 1 fully saturated rings. The van der Waals surface area contributed by atoms with E-state index in [1.807, 2.05) is 6.07 Å². The molecule has 1 saturated heterocycles. The number of aromatic nitrogens is 3. The zero-order chi connectivity index (χ0) is 13.9. The van der Waals surface area contributed by atoms with E-state index in [0.29, 0.717) is 0 Å².